The Labute approximate surface area is 342 Å². The van der Waals surface area contributed by atoms with Crippen LogP contribution in [0.1, 0.15) is 78.7 Å². The molecule has 1 atom stereocenters. The van der Waals surface area contributed by atoms with Gasteiger partial charge in [-0.1, -0.05) is 55.3 Å². The van der Waals surface area contributed by atoms with Crippen LogP contribution in [-0.2, 0) is 28.9 Å². The molecule has 2 saturated carbocycles. The first-order valence-corrected chi connectivity index (χ1v) is 19.9. The van der Waals surface area contributed by atoms with E-state index in [2.05, 4.69) is 19.9 Å². The van der Waals surface area contributed by atoms with Gasteiger partial charge in [0.15, 0.2) is 0 Å². The molecule has 0 radical (unpaired) electrons. The van der Waals surface area contributed by atoms with Crippen LogP contribution in [0.25, 0.3) is 22.9 Å². The predicted molar refractivity (Wildman–Crippen MR) is 217 cm³/mol. The van der Waals surface area contributed by atoms with Crippen LogP contribution in [-0.4, -0.2) is 60.4 Å². The number of ether oxygens (including phenoxy) is 2. The van der Waals surface area contributed by atoms with Crippen molar-refractivity contribution in [2.45, 2.75) is 77.7 Å². The number of oxazole rings is 2. The van der Waals surface area contributed by atoms with E-state index in [1.54, 1.807) is 24.4 Å². The fourth-order valence-corrected chi connectivity index (χ4v) is 7.41. The van der Waals surface area contributed by atoms with Crippen molar-refractivity contribution in [1.82, 2.24) is 19.9 Å². The zero-order valence-corrected chi connectivity index (χ0v) is 33.2. The molecule has 6 aromatic rings. The molecule has 2 aliphatic rings. The molecule has 8 rings (SSSR count). The summed E-state index contributed by atoms with van der Waals surface area (Å²) in [7, 11) is 0. The highest BCUT2D eigenvalue weighted by molar-refractivity contribution is 5.77. The number of pyridine rings is 2. The first-order valence-electron chi connectivity index (χ1n) is 19.9. The Morgan fingerprint density at radius 3 is 1.58 bits per heavy atom. The topological polar surface area (TPSA) is 191 Å². The molecule has 0 spiro atoms. The monoisotopic (exact) mass is 800 g/mol. The third kappa shape index (κ3) is 9.36. The summed E-state index contributed by atoms with van der Waals surface area (Å²) in [5.41, 5.74) is 3.29. The van der Waals surface area contributed by atoms with Gasteiger partial charge in [-0.15, -0.1) is 0 Å². The number of carboxylic acids is 2. The minimum Gasteiger partial charge on any atom is -0.481 e. The Morgan fingerprint density at radius 2 is 1.19 bits per heavy atom. The SMILES string of the molecule is Cc1oc(-c2ccccc2)nc1CCOc1ccc(C(O)C2(C(=O)O)CCC2)cn1.Cc1oc(-c2ccccc2)nc1CCOc1ccc(CC2(C(=O)O)CCC2)cn1. The molecule has 13 nitrogen and oxygen atoms in total. The lowest BCUT2D eigenvalue weighted by molar-refractivity contribution is -0.166. The number of aliphatic hydroxyl groups excluding tert-OH is 1. The van der Waals surface area contributed by atoms with Gasteiger partial charge in [0.25, 0.3) is 0 Å². The van der Waals surface area contributed by atoms with Crippen LogP contribution < -0.4 is 9.47 Å². The van der Waals surface area contributed by atoms with Crippen molar-refractivity contribution < 1.29 is 43.2 Å². The van der Waals surface area contributed by atoms with Crippen LogP contribution in [0.3, 0.4) is 0 Å². The summed E-state index contributed by atoms with van der Waals surface area (Å²) in [4.78, 5) is 40.7. The van der Waals surface area contributed by atoms with Crippen LogP contribution in [0.4, 0.5) is 0 Å². The third-order valence-corrected chi connectivity index (χ3v) is 11.4. The lowest BCUT2D eigenvalue weighted by Gasteiger charge is -2.41. The van der Waals surface area contributed by atoms with Gasteiger partial charge in [0.05, 0.1) is 41.5 Å². The first kappa shape index (κ1) is 40.8. The van der Waals surface area contributed by atoms with Crippen molar-refractivity contribution in [1.29, 1.82) is 0 Å². The average Bonchev–Trinajstić information content (AvgIpc) is 3.78. The summed E-state index contributed by atoms with van der Waals surface area (Å²) in [5, 5.41) is 29.5. The van der Waals surface area contributed by atoms with Gasteiger partial charge in [-0.25, -0.2) is 19.9 Å². The summed E-state index contributed by atoms with van der Waals surface area (Å²) in [6.45, 7) is 4.59. The number of hydrogen-bond donors (Lipinski definition) is 3. The molecule has 2 aliphatic carbocycles. The van der Waals surface area contributed by atoms with Crippen LogP contribution in [0.5, 0.6) is 11.8 Å². The molecule has 2 fully saturated rings. The number of benzene rings is 2. The summed E-state index contributed by atoms with van der Waals surface area (Å²) in [6, 6.07) is 26.5. The first-order chi connectivity index (χ1) is 28.5. The Bertz CT molecular complexity index is 2320. The Kier molecular flexibility index (Phi) is 12.5. The zero-order chi connectivity index (χ0) is 41.4. The number of carboxylic acid groups (broad SMARTS) is 2. The second kappa shape index (κ2) is 18.1. The van der Waals surface area contributed by atoms with Crippen molar-refractivity contribution in [3.8, 4) is 34.7 Å². The molecule has 2 aromatic carbocycles. The molecule has 4 aromatic heterocycles. The van der Waals surface area contributed by atoms with E-state index in [-0.39, 0.29) is 0 Å². The van der Waals surface area contributed by atoms with Gasteiger partial charge in [-0.05, 0) is 81.8 Å². The maximum atomic E-state index is 11.6. The van der Waals surface area contributed by atoms with Crippen LogP contribution in [0.15, 0.2) is 106 Å². The molecule has 4 heterocycles. The summed E-state index contributed by atoms with van der Waals surface area (Å²) in [6.07, 6.45) is 8.06. The fraction of sp³-hybridized carbons (Fsp3) is 0.348. The Morgan fingerprint density at radius 1 is 0.678 bits per heavy atom. The minimum absolute atomic E-state index is 0.371. The maximum Gasteiger partial charge on any atom is 0.312 e. The molecular weight excluding hydrogens is 753 g/mol. The second-order valence-corrected chi connectivity index (χ2v) is 15.2. The van der Waals surface area contributed by atoms with E-state index in [1.807, 2.05) is 80.6 Å². The largest absolute Gasteiger partial charge is 0.481 e. The molecule has 13 heteroatoms. The smallest absolute Gasteiger partial charge is 0.312 e. The number of aliphatic hydroxyl groups is 1. The van der Waals surface area contributed by atoms with Crippen LogP contribution in [0, 0.1) is 24.7 Å². The van der Waals surface area contributed by atoms with E-state index in [4.69, 9.17) is 18.3 Å². The summed E-state index contributed by atoms with van der Waals surface area (Å²) in [5.74, 6) is 2.01. The Balaban J connectivity index is 0.000000179. The molecular formula is C46H48N4O9. The van der Waals surface area contributed by atoms with E-state index in [1.165, 1.54) is 6.20 Å². The van der Waals surface area contributed by atoms with E-state index in [0.717, 1.165) is 65.3 Å². The molecule has 0 saturated heterocycles. The number of nitrogens with zero attached hydrogens (tertiary/aromatic N) is 4. The quantitative estimate of drug-likeness (QED) is 0.0846. The highest BCUT2D eigenvalue weighted by atomic mass is 16.5. The van der Waals surface area contributed by atoms with Crippen molar-refractivity contribution in [2.24, 2.45) is 10.8 Å². The van der Waals surface area contributed by atoms with E-state index in [9.17, 15) is 24.9 Å². The standard InChI is InChI=1S/C23H24N2O5.C23H24N2O4/c1-15-18(25-21(30-15)16-6-3-2-4-7-16)10-13-29-19-9-8-17(14-24-19)20(26)23(22(27)28)11-5-12-23;1-16-19(25-21(29-16)18-6-3-2-4-7-18)10-13-28-20-9-8-17(15-24-20)14-23(22(26)27)11-5-12-23/h2-4,6-9,14,20,26H,5,10-13H2,1H3,(H,27,28);2-4,6-9,15H,5,10-14H2,1H3,(H,26,27). The van der Waals surface area contributed by atoms with Gasteiger partial charge in [0, 0.05) is 54.1 Å². The second-order valence-electron chi connectivity index (χ2n) is 15.2. The lowest BCUT2D eigenvalue weighted by Crippen LogP contribution is -2.43. The van der Waals surface area contributed by atoms with Gasteiger partial charge < -0.3 is 33.6 Å². The highest BCUT2D eigenvalue weighted by Crippen LogP contribution is 2.50. The van der Waals surface area contributed by atoms with Gasteiger partial charge in [0.2, 0.25) is 23.5 Å². The third-order valence-electron chi connectivity index (χ3n) is 11.4. The molecule has 3 N–H and O–H groups in total. The maximum absolute atomic E-state index is 11.6. The van der Waals surface area contributed by atoms with Crippen LogP contribution >= 0.6 is 0 Å². The van der Waals surface area contributed by atoms with Gasteiger partial charge in [-0.2, -0.15) is 0 Å². The minimum atomic E-state index is -1.09. The number of carbonyl (C=O) groups is 2. The van der Waals surface area contributed by atoms with Crippen molar-refractivity contribution in [2.75, 3.05) is 13.2 Å². The molecule has 0 amide bonds. The van der Waals surface area contributed by atoms with Crippen LogP contribution in [0.2, 0.25) is 0 Å². The average molecular weight is 801 g/mol. The number of aliphatic carboxylic acids is 2. The molecule has 0 bridgehead atoms. The molecule has 1 unspecified atom stereocenters. The number of rotatable bonds is 16. The molecule has 306 valence electrons. The van der Waals surface area contributed by atoms with E-state index >= 15 is 0 Å². The fourth-order valence-electron chi connectivity index (χ4n) is 7.41. The Hall–Kier alpha value is -6.34. The highest BCUT2D eigenvalue weighted by Gasteiger charge is 2.51. The zero-order valence-electron chi connectivity index (χ0n) is 33.2. The van der Waals surface area contributed by atoms with Gasteiger partial charge >= 0.3 is 11.9 Å². The van der Waals surface area contributed by atoms with E-state index < -0.39 is 28.9 Å². The number of aryl methyl sites for hydroxylation is 2. The normalized spacial score (nSPS) is 15.4. The summed E-state index contributed by atoms with van der Waals surface area (Å²) < 4.78 is 23.0. The molecule has 59 heavy (non-hydrogen) atoms. The summed E-state index contributed by atoms with van der Waals surface area (Å²) >= 11 is 0. The molecule has 0 aliphatic heterocycles. The van der Waals surface area contributed by atoms with Gasteiger partial charge in [-0.3, -0.25) is 9.59 Å². The lowest BCUT2D eigenvalue weighted by atomic mass is 9.64. The van der Waals surface area contributed by atoms with Gasteiger partial charge in [0.1, 0.15) is 11.5 Å². The van der Waals surface area contributed by atoms with Crippen molar-refractivity contribution >= 4 is 11.9 Å². The van der Waals surface area contributed by atoms with Crippen molar-refractivity contribution in [3.05, 3.63) is 131 Å². The van der Waals surface area contributed by atoms with Crippen molar-refractivity contribution in [3.63, 3.8) is 0 Å². The number of aromatic nitrogens is 4. The predicted octanol–water partition coefficient (Wildman–Crippen LogP) is 8.42. The van der Waals surface area contributed by atoms with E-state index in [0.29, 0.717) is 74.4 Å². The number of hydrogen-bond acceptors (Lipinski definition) is 11.